The van der Waals surface area contributed by atoms with E-state index < -0.39 is 17.7 Å². The summed E-state index contributed by atoms with van der Waals surface area (Å²) in [5.41, 5.74) is 2.24. The summed E-state index contributed by atoms with van der Waals surface area (Å²) in [5, 5.41) is 3.11. The number of aromatic nitrogens is 2. The number of hydrogen-bond donors (Lipinski definition) is 0. The van der Waals surface area contributed by atoms with E-state index in [1.54, 1.807) is 41.5 Å². The van der Waals surface area contributed by atoms with Crippen molar-refractivity contribution in [2.75, 3.05) is 24.6 Å². The van der Waals surface area contributed by atoms with Crippen LogP contribution in [-0.2, 0) is 20.8 Å². The van der Waals surface area contributed by atoms with Crippen molar-refractivity contribution in [1.29, 1.82) is 0 Å². The fourth-order valence-corrected chi connectivity index (χ4v) is 5.04. The second-order valence-electron chi connectivity index (χ2n) is 10.1. The molecule has 1 aliphatic rings. The lowest BCUT2D eigenvalue weighted by Crippen LogP contribution is -2.45. The van der Waals surface area contributed by atoms with Gasteiger partial charge in [0.25, 0.3) is 0 Å². The van der Waals surface area contributed by atoms with Gasteiger partial charge < -0.3 is 9.47 Å². The van der Waals surface area contributed by atoms with Crippen LogP contribution in [0.25, 0.3) is 16.6 Å². The molecular weight excluding hydrogens is 500 g/mol. The van der Waals surface area contributed by atoms with Crippen molar-refractivity contribution in [1.82, 2.24) is 14.9 Å². The molecule has 8 nitrogen and oxygen atoms in total. The van der Waals surface area contributed by atoms with E-state index in [4.69, 9.17) is 14.5 Å². The van der Waals surface area contributed by atoms with Gasteiger partial charge in [0.15, 0.2) is 0 Å². The van der Waals surface area contributed by atoms with E-state index in [1.165, 1.54) is 6.08 Å². The molecule has 3 aromatic rings. The molecule has 1 saturated heterocycles. The SMILES string of the molecule is CCOC(=O)C=Cc1ccc(N(C(=O)OC(C)(C)C)[C@@H]2CCN(Cc3csc(-c4ccccc4)n3)C2)nc1. The highest BCUT2D eigenvalue weighted by Gasteiger charge is 2.35. The fraction of sp³-hybridized carbons (Fsp3) is 0.379. The minimum atomic E-state index is -0.635. The molecule has 0 N–H and O–H groups in total. The molecule has 0 unspecified atom stereocenters. The highest BCUT2D eigenvalue weighted by Crippen LogP contribution is 2.28. The van der Waals surface area contributed by atoms with Gasteiger partial charge in [-0.15, -0.1) is 11.3 Å². The first kappa shape index (κ1) is 27.5. The number of rotatable bonds is 8. The fourth-order valence-electron chi connectivity index (χ4n) is 4.22. The highest BCUT2D eigenvalue weighted by molar-refractivity contribution is 7.13. The van der Waals surface area contributed by atoms with Gasteiger partial charge in [-0.05, 0) is 57.9 Å². The molecule has 1 aromatic carbocycles. The number of benzene rings is 1. The van der Waals surface area contributed by atoms with Gasteiger partial charge >= 0.3 is 12.1 Å². The third kappa shape index (κ3) is 7.49. The summed E-state index contributed by atoms with van der Waals surface area (Å²) in [5.74, 6) is 0.105. The van der Waals surface area contributed by atoms with Gasteiger partial charge in [-0.1, -0.05) is 30.3 Å². The summed E-state index contributed by atoms with van der Waals surface area (Å²) in [6, 6.07) is 13.7. The molecule has 4 rings (SSSR count). The van der Waals surface area contributed by atoms with E-state index >= 15 is 0 Å². The van der Waals surface area contributed by atoms with Crippen LogP contribution in [0.4, 0.5) is 10.6 Å². The number of carbonyl (C=O) groups is 2. The molecule has 1 atom stereocenters. The van der Waals surface area contributed by atoms with Crippen molar-refractivity contribution < 1.29 is 19.1 Å². The Morgan fingerprint density at radius 2 is 1.97 bits per heavy atom. The largest absolute Gasteiger partial charge is 0.463 e. The number of hydrogen-bond acceptors (Lipinski definition) is 8. The number of ether oxygens (including phenoxy) is 2. The smallest absolute Gasteiger partial charge is 0.416 e. The number of anilines is 1. The quantitative estimate of drug-likeness (QED) is 0.267. The number of amides is 1. The van der Waals surface area contributed by atoms with Crippen molar-refractivity contribution >= 4 is 35.3 Å². The van der Waals surface area contributed by atoms with Crippen LogP contribution in [-0.4, -0.2) is 58.3 Å². The Morgan fingerprint density at radius 3 is 2.66 bits per heavy atom. The molecule has 0 bridgehead atoms. The topological polar surface area (TPSA) is 84.9 Å². The van der Waals surface area contributed by atoms with Crippen LogP contribution >= 0.6 is 11.3 Å². The maximum absolute atomic E-state index is 13.3. The Labute approximate surface area is 227 Å². The van der Waals surface area contributed by atoms with Gasteiger partial charge in [0.2, 0.25) is 0 Å². The predicted octanol–water partition coefficient (Wildman–Crippen LogP) is 5.80. The summed E-state index contributed by atoms with van der Waals surface area (Å²) in [4.78, 5) is 38.2. The van der Waals surface area contributed by atoms with E-state index in [2.05, 4.69) is 27.4 Å². The normalized spacial score (nSPS) is 16.1. The molecule has 1 amide bonds. The second-order valence-corrected chi connectivity index (χ2v) is 10.9. The Bertz CT molecular complexity index is 1250. The van der Waals surface area contributed by atoms with Gasteiger partial charge in [0.1, 0.15) is 16.4 Å². The zero-order chi connectivity index (χ0) is 27.1. The lowest BCUT2D eigenvalue weighted by molar-refractivity contribution is -0.137. The van der Waals surface area contributed by atoms with Crippen molar-refractivity contribution in [3.63, 3.8) is 0 Å². The minimum Gasteiger partial charge on any atom is -0.463 e. The first-order chi connectivity index (χ1) is 18.2. The molecule has 0 saturated carbocycles. The predicted molar refractivity (Wildman–Crippen MR) is 150 cm³/mol. The molecule has 1 fully saturated rings. The van der Waals surface area contributed by atoms with E-state index in [0.29, 0.717) is 25.5 Å². The second kappa shape index (κ2) is 12.3. The van der Waals surface area contributed by atoms with Gasteiger partial charge in [-0.3, -0.25) is 9.80 Å². The van der Waals surface area contributed by atoms with Gasteiger partial charge in [0.05, 0.1) is 18.3 Å². The standard InChI is InChI=1S/C29H34N4O4S/c1-5-36-26(34)14-12-21-11-13-25(30-17-21)33(28(35)37-29(2,3)4)24-15-16-32(19-24)18-23-20-38-27(31-23)22-9-7-6-8-10-22/h6-14,17,20,24H,5,15-16,18-19H2,1-4H3/t24-/m1/s1. The number of nitrogens with zero attached hydrogens (tertiary/aromatic N) is 4. The van der Waals surface area contributed by atoms with Crippen LogP contribution in [0.1, 0.15) is 45.4 Å². The number of pyridine rings is 1. The highest BCUT2D eigenvalue weighted by atomic mass is 32.1. The average molecular weight is 535 g/mol. The summed E-state index contributed by atoms with van der Waals surface area (Å²) < 4.78 is 10.7. The van der Waals surface area contributed by atoms with Crippen LogP contribution < -0.4 is 4.90 Å². The maximum Gasteiger partial charge on any atom is 0.416 e. The summed E-state index contributed by atoms with van der Waals surface area (Å²) in [7, 11) is 0. The van der Waals surface area contributed by atoms with Crippen LogP contribution in [0, 0.1) is 0 Å². The van der Waals surface area contributed by atoms with E-state index in [-0.39, 0.29) is 6.04 Å². The maximum atomic E-state index is 13.3. The first-order valence-corrected chi connectivity index (χ1v) is 13.6. The molecule has 200 valence electrons. The molecule has 2 aromatic heterocycles. The Morgan fingerprint density at radius 1 is 1.18 bits per heavy atom. The number of esters is 1. The van der Waals surface area contributed by atoms with Gasteiger partial charge in [-0.2, -0.15) is 0 Å². The summed E-state index contributed by atoms with van der Waals surface area (Å²) in [6.07, 6.45) is 5.01. The van der Waals surface area contributed by atoms with Gasteiger partial charge in [0, 0.05) is 42.9 Å². The summed E-state index contributed by atoms with van der Waals surface area (Å²) in [6.45, 7) is 9.88. The van der Waals surface area contributed by atoms with Crippen LogP contribution in [0.3, 0.4) is 0 Å². The third-order valence-corrected chi connectivity index (χ3v) is 6.82. The van der Waals surface area contributed by atoms with Crippen LogP contribution in [0.5, 0.6) is 0 Å². The van der Waals surface area contributed by atoms with Crippen LogP contribution in [0.2, 0.25) is 0 Å². The van der Waals surface area contributed by atoms with Crippen molar-refractivity contribution in [3.8, 4) is 10.6 Å². The molecule has 0 spiro atoms. The molecule has 0 aliphatic carbocycles. The summed E-state index contributed by atoms with van der Waals surface area (Å²) >= 11 is 1.64. The van der Waals surface area contributed by atoms with Crippen LogP contribution in [0.15, 0.2) is 60.1 Å². The average Bonchev–Trinajstić information content (AvgIpc) is 3.54. The van der Waals surface area contributed by atoms with E-state index in [0.717, 1.165) is 34.8 Å². The Balaban J connectivity index is 1.47. The van der Waals surface area contributed by atoms with E-state index in [1.807, 2.05) is 45.0 Å². The zero-order valence-corrected chi connectivity index (χ0v) is 23.1. The molecule has 9 heteroatoms. The molecule has 1 aliphatic heterocycles. The molecular formula is C29H34N4O4S. The minimum absolute atomic E-state index is 0.0921. The lowest BCUT2D eigenvalue weighted by Gasteiger charge is -2.31. The third-order valence-electron chi connectivity index (χ3n) is 5.88. The van der Waals surface area contributed by atoms with Crippen molar-refractivity contribution in [2.45, 2.75) is 52.3 Å². The number of carbonyl (C=O) groups excluding carboxylic acids is 2. The number of likely N-dealkylation sites (tertiary alicyclic amines) is 1. The number of thiazole rings is 1. The Hall–Kier alpha value is -3.56. The van der Waals surface area contributed by atoms with Gasteiger partial charge in [-0.25, -0.2) is 19.6 Å². The van der Waals surface area contributed by atoms with E-state index in [9.17, 15) is 9.59 Å². The zero-order valence-electron chi connectivity index (χ0n) is 22.3. The molecule has 38 heavy (non-hydrogen) atoms. The van der Waals surface area contributed by atoms with Crippen molar-refractivity contribution in [2.24, 2.45) is 0 Å². The lowest BCUT2D eigenvalue weighted by atomic mass is 10.2. The first-order valence-electron chi connectivity index (χ1n) is 12.8. The molecule has 3 heterocycles. The van der Waals surface area contributed by atoms with Crippen molar-refractivity contribution in [3.05, 3.63) is 71.4 Å². The molecule has 0 radical (unpaired) electrons. The monoisotopic (exact) mass is 534 g/mol. The Kier molecular flexibility index (Phi) is 8.91.